The highest BCUT2D eigenvalue weighted by atomic mass is 16.6. The largest absolute Gasteiger partial charge is 0.374 e. The van der Waals surface area contributed by atoms with Crippen LogP contribution in [0.4, 0.5) is 11.4 Å². The molecule has 0 bridgehead atoms. The summed E-state index contributed by atoms with van der Waals surface area (Å²) in [6.45, 7) is 6.47. The number of hydrogen-bond acceptors (Lipinski definition) is 3. The van der Waals surface area contributed by atoms with Crippen LogP contribution in [0.2, 0.25) is 0 Å². The highest BCUT2D eigenvalue weighted by molar-refractivity contribution is 5.69. The molecule has 0 heterocycles. The van der Waals surface area contributed by atoms with E-state index >= 15 is 0 Å². The van der Waals surface area contributed by atoms with Crippen LogP contribution in [0.3, 0.4) is 0 Å². The normalized spacial score (nSPS) is 9.73. The molecule has 0 radical (unpaired) electrons. The molecule has 4 nitrogen and oxygen atoms in total. The number of rotatable bonds is 4. The third-order valence-electron chi connectivity index (χ3n) is 2.33. The van der Waals surface area contributed by atoms with E-state index in [9.17, 15) is 10.1 Å². The fraction of sp³-hybridized carbons (Fsp3) is 0.273. The van der Waals surface area contributed by atoms with Crippen molar-refractivity contribution in [1.29, 1.82) is 0 Å². The van der Waals surface area contributed by atoms with Crippen LogP contribution in [0.1, 0.15) is 12.5 Å². The van der Waals surface area contributed by atoms with E-state index in [1.54, 1.807) is 18.2 Å². The van der Waals surface area contributed by atoms with E-state index in [0.29, 0.717) is 0 Å². The number of hydrogen-bond donors (Lipinski definition) is 0. The Morgan fingerprint density at radius 2 is 2.27 bits per heavy atom. The molecule has 1 aromatic rings. The fourth-order valence-electron chi connectivity index (χ4n) is 1.32. The van der Waals surface area contributed by atoms with Crippen molar-refractivity contribution in [2.24, 2.45) is 0 Å². The van der Waals surface area contributed by atoms with Crippen LogP contribution in [0, 0.1) is 10.1 Å². The van der Waals surface area contributed by atoms with E-state index in [1.807, 2.05) is 18.9 Å². The van der Waals surface area contributed by atoms with Gasteiger partial charge in [0.1, 0.15) is 0 Å². The van der Waals surface area contributed by atoms with E-state index in [-0.39, 0.29) is 10.6 Å². The zero-order valence-electron chi connectivity index (χ0n) is 8.93. The smallest absolute Gasteiger partial charge is 0.271 e. The lowest BCUT2D eigenvalue weighted by Crippen LogP contribution is -2.16. The molecule has 1 aromatic carbocycles. The fourth-order valence-corrected chi connectivity index (χ4v) is 1.32. The topological polar surface area (TPSA) is 46.4 Å². The van der Waals surface area contributed by atoms with Crippen molar-refractivity contribution < 1.29 is 4.92 Å². The average molecular weight is 206 g/mol. The van der Waals surface area contributed by atoms with Crippen molar-refractivity contribution >= 4 is 17.5 Å². The summed E-state index contributed by atoms with van der Waals surface area (Å²) in [6.07, 6.45) is 1.70. The van der Waals surface area contributed by atoms with Gasteiger partial charge in [-0.05, 0) is 18.6 Å². The molecule has 0 aliphatic heterocycles. The Kier molecular flexibility index (Phi) is 3.44. The summed E-state index contributed by atoms with van der Waals surface area (Å²) in [5.74, 6) is 0. The first-order chi connectivity index (χ1) is 7.10. The van der Waals surface area contributed by atoms with Crippen LogP contribution in [-0.2, 0) is 0 Å². The summed E-state index contributed by atoms with van der Waals surface area (Å²) in [7, 11) is 1.89. The van der Waals surface area contributed by atoms with Gasteiger partial charge in [0.2, 0.25) is 0 Å². The maximum Gasteiger partial charge on any atom is 0.271 e. The molecule has 80 valence electrons. The number of anilines is 1. The van der Waals surface area contributed by atoms with Crippen LogP contribution < -0.4 is 4.90 Å². The summed E-state index contributed by atoms with van der Waals surface area (Å²) < 4.78 is 0. The predicted octanol–water partition coefficient (Wildman–Crippen LogP) is 2.69. The molecule has 0 N–H and O–H groups in total. The Morgan fingerprint density at radius 1 is 1.60 bits per heavy atom. The lowest BCUT2D eigenvalue weighted by Gasteiger charge is -2.18. The second kappa shape index (κ2) is 4.59. The van der Waals surface area contributed by atoms with E-state index in [0.717, 1.165) is 17.8 Å². The standard InChI is InChI=1S/C11H14N2O2/c1-4-9-6-7-10(13(14)15)8-11(9)12(3)5-2/h4,6-8H,1,5H2,2-3H3. The maximum absolute atomic E-state index is 10.6. The number of non-ortho nitro benzene ring substituents is 1. The molecule has 0 amide bonds. The van der Waals surface area contributed by atoms with Crippen molar-refractivity contribution in [1.82, 2.24) is 0 Å². The van der Waals surface area contributed by atoms with Gasteiger partial charge in [-0.15, -0.1) is 0 Å². The molecule has 0 aliphatic carbocycles. The van der Waals surface area contributed by atoms with Crippen LogP contribution in [0.5, 0.6) is 0 Å². The van der Waals surface area contributed by atoms with Gasteiger partial charge in [0.15, 0.2) is 0 Å². The summed E-state index contributed by atoms with van der Waals surface area (Å²) >= 11 is 0. The Bertz CT molecular complexity index is 388. The first kappa shape index (κ1) is 11.2. The van der Waals surface area contributed by atoms with E-state index < -0.39 is 0 Å². The lowest BCUT2D eigenvalue weighted by atomic mass is 10.1. The molecule has 0 fully saturated rings. The molecule has 15 heavy (non-hydrogen) atoms. The molecular formula is C11H14N2O2. The molecule has 0 unspecified atom stereocenters. The summed E-state index contributed by atoms with van der Waals surface area (Å²) in [5.41, 5.74) is 1.85. The van der Waals surface area contributed by atoms with Crippen LogP contribution in [0.25, 0.3) is 6.08 Å². The second-order valence-corrected chi connectivity index (χ2v) is 3.22. The molecule has 0 spiro atoms. The van der Waals surface area contributed by atoms with Crippen LogP contribution >= 0.6 is 0 Å². The Hall–Kier alpha value is -1.84. The van der Waals surface area contributed by atoms with Crippen molar-refractivity contribution in [3.05, 3.63) is 40.5 Å². The molecule has 0 saturated carbocycles. The Morgan fingerprint density at radius 3 is 2.73 bits per heavy atom. The summed E-state index contributed by atoms with van der Waals surface area (Å²) in [6, 6.07) is 4.77. The first-order valence-corrected chi connectivity index (χ1v) is 4.72. The first-order valence-electron chi connectivity index (χ1n) is 4.72. The minimum atomic E-state index is -0.389. The van der Waals surface area contributed by atoms with Crippen molar-refractivity contribution in [3.8, 4) is 0 Å². The second-order valence-electron chi connectivity index (χ2n) is 3.22. The number of benzene rings is 1. The third-order valence-corrected chi connectivity index (χ3v) is 2.33. The van der Waals surface area contributed by atoms with Gasteiger partial charge in [-0.2, -0.15) is 0 Å². The highest BCUT2D eigenvalue weighted by Crippen LogP contribution is 2.25. The lowest BCUT2D eigenvalue weighted by molar-refractivity contribution is -0.384. The molecule has 1 rings (SSSR count). The number of nitrogens with zero attached hydrogens (tertiary/aromatic N) is 2. The summed E-state index contributed by atoms with van der Waals surface area (Å²) in [4.78, 5) is 12.2. The SMILES string of the molecule is C=Cc1ccc([N+](=O)[O-])cc1N(C)CC. The molecular weight excluding hydrogens is 192 g/mol. The van der Waals surface area contributed by atoms with Gasteiger partial charge in [0.25, 0.3) is 5.69 Å². The van der Waals surface area contributed by atoms with Crippen molar-refractivity contribution in [2.45, 2.75) is 6.92 Å². The van der Waals surface area contributed by atoms with Crippen LogP contribution in [-0.4, -0.2) is 18.5 Å². The van der Waals surface area contributed by atoms with Gasteiger partial charge in [-0.1, -0.05) is 12.7 Å². The average Bonchev–Trinajstić information content (AvgIpc) is 2.27. The summed E-state index contributed by atoms with van der Waals surface area (Å²) in [5, 5.41) is 10.6. The van der Waals surface area contributed by atoms with E-state index in [4.69, 9.17) is 0 Å². The maximum atomic E-state index is 10.6. The zero-order chi connectivity index (χ0) is 11.4. The molecule has 4 heteroatoms. The van der Waals surface area contributed by atoms with Gasteiger partial charge < -0.3 is 4.90 Å². The molecule has 0 aliphatic rings. The molecule has 0 atom stereocenters. The van der Waals surface area contributed by atoms with Gasteiger partial charge in [-0.3, -0.25) is 10.1 Å². The minimum absolute atomic E-state index is 0.107. The van der Waals surface area contributed by atoms with Gasteiger partial charge in [-0.25, -0.2) is 0 Å². The zero-order valence-corrected chi connectivity index (χ0v) is 8.93. The molecule has 0 saturated heterocycles. The monoisotopic (exact) mass is 206 g/mol. The van der Waals surface area contributed by atoms with Gasteiger partial charge in [0.05, 0.1) is 10.6 Å². The quantitative estimate of drug-likeness (QED) is 0.562. The van der Waals surface area contributed by atoms with Crippen LogP contribution in [0.15, 0.2) is 24.8 Å². The molecule has 0 aromatic heterocycles. The van der Waals surface area contributed by atoms with Gasteiger partial charge in [0, 0.05) is 25.7 Å². The van der Waals surface area contributed by atoms with E-state index in [1.165, 1.54) is 6.07 Å². The Labute approximate surface area is 89.0 Å². The van der Waals surface area contributed by atoms with E-state index in [2.05, 4.69) is 6.58 Å². The number of nitro benzene ring substituents is 1. The number of nitro groups is 1. The van der Waals surface area contributed by atoms with Crippen molar-refractivity contribution in [2.75, 3.05) is 18.5 Å². The van der Waals surface area contributed by atoms with Crippen molar-refractivity contribution in [3.63, 3.8) is 0 Å². The highest BCUT2D eigenvalue weighted by Gasteiger charge is 2.11. The Balaban J connectivity index is 3.24. The minimum Gasteiger partial charge on any atom is -0.374 e. The third kappa shape index (κ3) is 2.34. The van der Waals surface area contributed by atoms with Gasteiger partial charge >= 0.3 is 0 Å². The predicted molar refractivity (Wildman–Crippen MR) is 62.1 cm³/mol.